The van der Waals surface area contributed by atoms with Crippen molar-refractivity contribution in [1.29, 1.82) is 0 Å². The Kier molecular flexibility index (Phi) is 3.71. The zero-order chi connectivity index (χ0) is 9.84. The molecule has 0 aliphatic carbocycles. The van der Waals surface area contributed by atoms with Crippen molar-refractivity contribution < 1.29 is 9.53 Å². The van der Waals surface area contributed by atoms with Gasteiger partial charge in [-0.25, -0.2) is 0 Å². The first-order chi connectivity index (χ1) is 6.09. The van der Waals surface area contributed by atoms with Crippen LogP contribution in [-0.4, -0.2) is 5.97 Å². The largest absolute Gasteiger partial charge is 0.426 e. The summed E-state index contributed by atoms with van der Waals surface area (Å²) < 4.78 is 6.22. The maximum Gasteiger partial charge on any atom is 0.313 e. The standard InChI is InChI=1S/C10H11IO2/c1-7(2)10(12)13-9-5-3-8(11)4-6-9/h3-7H,1-2H3. The van der Waals surface area contributed by atoms with Crippen LogP contribution in [0.3, 0.4) is 0 Å². The van der Waals surface area contributed by atoms with E-state index in [-0.39, 0.29) is 11.9 Å². The van der Waals surface area contributed by atoms with Gasteiger partial charge in [0.05, 0.1) is 5.92 Å². The maximum absolute atomic E-state index is 11.2. The zero-order valence-corrected chi connectivity index (χ0v) is 9.74. The van der Waals surface area contributed by atoms with E-state index in [4.69, 9.17) is 4.74 Å². The van der Waals surface area contributed by atoms with Crippen LogP contribution in [0.5, 0.6) is 5.75 Å². The van der Waals surface area contributed by atoms with Crippen LogP contribution >= 0.6 is 22.6 Å². The van der Waals surface area contributed by atoms with Gasteiger partial charge in [0.2, 0.25) is 0 Å². The van der Waals surface area contributed by atoms with E-state index in [1.807, 2.05) is 26.0 Å². The average molecular weight is 290 g/mol. The Bertz CT molecular complexity index is 290. The lowest BCUT2D eigenvalue weighted by Gasteiger charge is -2.05. The quantitative estimate of drug-likeness (QED) is 0.475. The number of hydrogen-bond acceptors (Lipinski definition) is 2. The topological polar surface area (TPSA) is 26.3 Å². The minimum atomic E-state index is -0.193. The predicted octanol–water partition coefficient (Wildman–Crippen LogP) is 2.85. The van der Waals surface area contributed by atoms with E-state index in [0.29, 0.717) is 5.75 Å². The number of carbonyl (C=O) groups is 1. The molecule has 0 spiro atoms. The number of halogens is 1. The van der Waals surface area contributed by atoms with E-state index < -0.39 is 0 Å². The van der Waals surface area contributed by atoms with Gasteiger partial charge in [0, 0.05) is 3.57 Å². The summed E-state index contributed by atoms with van der Waals surface area (Å²) in [6, 6.07) is 7.40. The van der Waals surface area contributed by atoms with Gasteiger partial charge in [0.15, 0.2) is 0 Å². The molecule has 2 nitrogen and oxygen atoms in total. The first-order valence-electron chi connectivity index (χ1n) is 4.07. The zero-order valence-electron chi connectivity index (χ0n) is 7.58. The summed E-state index contributed by atoms with van der Waals surface area (Å²) in [5, 5.41) is 0. The lowest BCUT2D eigenvalue weighted by atomic mass is 10.2. The maximum atomic E-state index is 11.2. The van der Waals surface area contributed by atoms with Crippen molar-refractivity contribution in [3.05, 3.63) is 27.8 Å². The summed E-state index contributed by atoms with van der Waals surface area (Å²) in [6.45, 7) is 3.63. The molecule has 0 atom stereocenters. The van der Waals surface area contributed by atoms with E-state index in [1.54, 1.807) is 12.1 Å². The summed E-state index contributed by atoms with van der Waals surface area (Å²) in [4.78, 5) is 11.2. The molecule has 0 fully saturated rings. The summed E-state index contributed by atoms with van der Waals surface area (Å²) >= 11 is 2.20. The highest BCUT2D eigenvalue weighted by atomic mass is 127. The van der Waals surface area contributed by atoms with Crippen molar-refractivity contribution in [2.75, 3.05) is 0 Å². The van der Waals surface area contributed by atoms with Crippen molar-refractivity contribution >= 4 is 28.6 Å². The molecule has 0 unspecified atom stereocenters. The molecule has 0 heterocycles. The van der Waals surface area contributed by atoms with Crippen molar-refractivity contribution in [1.82, 2.24) is 0 Å². The smallest absolute Gasteiger partial charge is 0.313 e. The second-order valence-electron chi connectivity index (χ2n) is 3.03. The molecule has 13 heavy (non-hydrogen) atoms. The molecule has 70 valence electrons. The van der Waals surface area contributed by atoms with Gasteiger partial charge in [0.25, 0.3) is 0 Å². The van der Waals surface area contributed by atoms with Crippen LogP contribution in [0.25, 0.3) is 0 Å². The van der Waals surface area contributed by atoms with E-state index in [0.717, 1.165) is 3.57 Å². The van der Waals surface area contributed by atoms with Crippen molar-refractivity contribution in [3.8, 4) is 5.75 Å². The summed E-state index contributed by atoms with van der Waals surface area (Å²) in [5.74, 6) is 0.333. The molecule has 0 aliphatic heterocycles. The monoisotopic (exact) mass is 290 g/mol. The number of rotatable bonds is 2. The fourth-order valence-corrected chi connectivity index (χ4v) is 1.10. The number of esters is 1. The number of benzene rings is 1. The average Bonchev–Trinajstić information content (AvgIpc) is 2.08. The molecule has 0 bridgehead atoms. The fourth-order valence-electron chi connectivity index (χ4n) is 0.737. The van der Waals surface area contributed by atoms with E-state index >= 15 is 0 Å². The number of carbonyl (C=O) groups excluding carboxylic acids is 1. The SMILES string of the molecule is CC(C)C(=O)Oc1ccc(I)cc1. The summed E-state index contributed by atoms with van der Waals surface area (Å²) in [7, 11) is 0. The lowest BCUT2D eigenvalue weighted by molar-refractivity contribution is -0.137. The second kappa shape index (κ2) is 4.60. The minimum absolute atomic E-state index is 0.0840. The van der Waals surface area contributed by atoms with E-state index in [1.165, 1.54) is 0 Å². The van der Waals surface area contributed by atoms with E-state index in [2.05, 4.69) is 22.6 Å². The van der Waals surface area contributed by atoms with Gasteiger partial charge in [-0.3, -0.25) is 4.79 Å². The number of ether oxygens (including phenoxy) is 1. The highest BCUT2D eigenvalue weighted by Crippen LogP contribution is 2.14. The normalized spacial score (nSPS) is 10.2. The van der Waals surface area contributed by atoms with Gasteiger partial charge >= 0.3 is 5.97 Å². The Morgan fingerprint density at radius 2 is 1.85 bits per heavy atom. The third-order valence-corrected chi connectivity index (χ3v) is 2.22. The molecule has 0 aromatic heterocycles. The van der Waals surface area contributed by atoms with Crippen molar-refractivity contribution in [3.63, 3.8) is 0 Å². The van der Waals surface area contributed by atoms with Gasteiger partial charge in [-0.2, -0.15) is 0 Å². The Morgan fingerprint density at radius 1 is 1.31 bits per heavy atom. The Morgan fingerprint density at radius 3 is 2.31 bits per heavy atom. The minimum Gasteiger partial charge on any atom is -0.426 e. The third kappa shape index (κ3) is 3.34. The summed E-state index contributed by atoms with van der Waals surface area (Å²) in [6.07, 6.45) is 0. The molecule has 1 aromatic carbocycles. The van der Waals surface area contributed by atoms with Crippen LogP contribution in [-0.2, 0) is 4.79 Å². The molecule has 0 saturated carbocycles. The molecule has 1 rings (SSSR count). The highest BCUT2D eigenvalue weighted by molar-refractivity contribution is 14.1. The Hall–Kier alpha value is -0.580. The van der Waals surface area contributed by atoms with Gasteiger partial charge < -0.3 is 4.74 Å². The van der Waals surface area contributed by atoms with Gasteiger partial charge in [-0.15, -0.1) is 0 Å². The second-order valence-corrected chi connectivity index (χ2v) is 4.28. The van der Waals surface area contributed by atoms with Gasteiger partial charge in [0.1, 0.15) is 5.75 Å². The Balaban J connectivity index is 2.65. The van der Waals surface area contributed by atoms with Crippen LogP contribution in [0.15, 0.2) is 24.3 Å². The molecule has 3 heteroatoms. The van der Waals surface area contributed by atoms with Crippen molar-refractivity contribution in [2.45, 2.75) is 13.8 Å². The van der Waals surface area contributed by atoms with Crippen LogP contribution in [0.4, 0.5) is 0 Å². The van der Waals surface area contributed by atoms with Crippen LogP contribution in [0.1, 0.15) is 13.8 Å². The fraction of sp³-hybridized carbons (Fsp3) is 0.300. The predicted molar refractivity (Wildman–Crippen MR) is 59.6 cm³/mol. The first kappa shape index (κ1) is 10.5. The molecule has 0 saturated heterocycles. The molecule has 0 aliphatic rings. The van der Waals surface area contributed by atoms with Gasteiger partial charge in [-0.1, -0.05) is 13.8 Å². The summed E-state index contributed by atoms with van der Waals surface area (Å²) in [5.41, 5.74) is 0. The third-order valence-electron chi connectivity index (χ3n) is 1.50. The molecule has 0 N–H and O–H groups in total. The molecular weight excluding hydrogens is 279 g/mol. The van der Waals surface area contributed by atoms with E-state index in [9.17, 15) is 4.79 Å². The Labute approximate surface area is 91.4 Å². The first-order valence-corrected chi connectivity index (χ1v) is 5.14. The molecule has 1 aromatic rings. The van der Waals surface area contributed by atoms with Crippen LogP contribution < -0.4 is 4.74 Å². The molecule has 0 amide bonds. The van der Waals surface area contributed by atoms with Crippen molar-refractivity contribution in [2.24, 2.45) is 5.92 Å². The highest BCUT2D eigenvalue weighted by Gasteiger charge is 2.08. The number of hydrogen-bond donors (Lipinski definition) is 0. The molecule has 0 radical (unpaired) electrons. The van der Waals surface area contributed by atoms with Gasteiger partial charge in [-0.05, 0) is 46.9 Å². The van der Waals surface area contributed by atoms with Crippen LogP contribution in [0, 0.1) is 9.49 Å². The van der Waals surface area contributed by atoms with Crippen LogP contribution in [0.2, 0.25) is 0 Å². The lowest BCUT2D eigenvalue weighted by Crippen LogP contribution is -2.14. The molecular formula is C10H11IO2.